The van der Waals surface area contributed by atoms with Crippen LogP contribution in [0.15, 0.2) is 0 Å². The molecule has 1 fully saturated rings. The standard InChI is InChI=1S/C23H46O6/c1-4-12-17(13-5-2)14-10-8-6-7-9-11-15-29-16-18-20(24)19(23(27)28-3)22(26)21(18)25/h17-27H,4-16H2,1-3H3/t18?,19?,20?,21-,22?,23+/m1/s1. The predicted molar refractivity (Wildman–Crippen MR) is 114 cm³/mol. The van der Waals surface area contributed by atoms with Gasteiger partial charge in [-0.2, -0.15) is 0 Å². The number of aliphatic hydroxyl groups excluding tert-OH is 4. The molecular formula is C23H46O6. The molecule has 4 unspecified atom stereocenters. The van der Waals surface area contributed by atoms with Crippen molar-refractivity contribution in [2.24, 2.45) is 17.8 Å². The van der Waals surface area contributed by atoms with Gasteiger partial charge in [-0.3, -0.25) is 0 Å². The highest BCUT2D eigenvalue weighted by atomic mass is 16.6. The zero-order valence-electron chi connectivity index (χ0n) is 18.8. The summed E-state index contributed by atoms with van der Waals surface area (Å²) >= 11 is 0. The molecule has 6 nitrogen and oxygen atoms in total. The minimum atomic E-state index is -1.31. The SMILES string of the molecule is CCCC(CCC)CCCCCCCCOCC1C(O)C([C@@H](O)OC)C(O)[C@@H]1O. The largest absolute Gasteiger partial charge is 0.392 e. The van der Waals surface area contributed by atoms with Crippen LogP contribution in [0.2, 0.25) is 0 Å². The van der Waals surface area contributed by atoms with Crippen LogP contribution in [0.4, 0.5) is 0 Å². The van der Waals surface area contributed by atoms with Crippen molar-refractivity contribution in [3.63, 3.8) is 0 Å². The fraction of sp³-hybridized carbons (Fsp3) is 1.00. The molecular weight excluding hydrogens is 372 g/mol. The fourth-order valence-electron chi connectivity index (χ4n) is 4.68. The summed E-state index contributed by atoms with van der Waals surface area (Å²) in [7, 11) is 1.30. The van der Waals surface area contributed by atoms with Crippen molar-refractivity contribution in [1.82, 2.24) is 0 Å². The Bertz CT molecular complexity index is 388. The number of aliphatic hydroxyl groups is 4. The van der Waals surface area contributed by atoms with E-state index in [1.165, 1.54) is 64.9 Å². The van der Waals surface area contributed by atoms with Gasteiger partial charge < -0.3 is 29.9 Å². The van der Waals surface area contributed by atoms with Crippen molar-refractivity contribution in [2.75, 3.05) is 20.3 Å². The maximum atomic E-state index is 10.3. The molecule has 0 saturated heterocycles. The van der Waals surface area contributed by atoms with Crippen LogP contribution in [-0.4, -0.2) is 65.4 Å². The van der Waals surface area contributed by atoms with Gasteiger partial charge in [0.05, 0.1) is 30.8 Å². The van der Waals surface area contributed by atoms with Gasteiger partial charge in [0.1, 0.15) is 0 Å². The van der Waals surface area contributed by atoms with Crippen molar-refractivity contribution < 1.29 is 29.9 Å². The van der Waals surface area contributed by atoms with Crippen LogP contribution in [0.25, 0.3) is 0 Å². The number of rotatable bonds is 17. The van der Waals surface area contributed by atoms with E-state index in [1.807, 2.05) is 0 Å². The Hall–Kier alpha value is -0.240. The Labute approximate surface area is 177 Å². The third-order valence-corrected chi connectivity index (χ3v) is 6.44. The van der Waals surface area contributed by atoms with Gasteiger partial charge in [0, 0.05) is 19.6 Å². The molecule has 0 aromatic carbocycles. The summed E-state index contributed by atoms with van der Waals surface area (Å²) in [6.07, 6.45) is 9.23. The molecule has 0 radical (unpaired) electrons. The number of hydrogen-bond acceptors (Lipinski definition) is 6. The zero-order chi connectivity index (χ0) is 21.6. The monoisotopic (exact) mass is 418 g/mol. The van der Waals surface area contributed by atoms with E-state index in [0.29, 0.717) is 6.61 Å². The second kappa shape index (κ2) is 15.5. The summed E-state index contributed by atoms with van der Waals surface area (Å²) < 4.78 is 10.4. The minimum Gasteiger partial charge on any atom is -0.392 e. The number of methoxy groups -OCH3 is 1. The van der Waals surface area contributed by atoms with Crippen LogP contribution in [0.1, 0.15) is 84.5 Å². The van der Waals surface area contributed by atoms with Crippen LogP contribution in [-0.2, 0) is 9.47 Å². The first-order chi connectivity index (χ1) is 14.0. The third-order valence-electron chi connectivity index (χ3n) is 6.44. The fourth-order valence-corrected chi connectivity index (χ4v) is 4.68. The van der Waals surface area contributed by atoms with E-state index in [4.69, 9.17) is 9.47 Å². The van der Waals surface area contributed by atoms with Crippen molar-refractivity contribution in [2.45, 2.75) is 109 Å². The first-order valence-electron chi connectivity index (χ1n) is 11.8. The molecule has 6 heteroatoms. The molecule has 0 aromatic heterocycles. The van der Waals surface area contributed by atoms with Crippen LogP contribution in [0, 0.1) is 17.8 Å². The second-order valence-electron chi connectivity index (χ2n) is 8.77. The lowest BCUT2D eigenvalue weighted by molar-refractivity contribution is -0.161. The molecule has 0 spiro atoms. The quantitative estimate of drug-likeness (QED) is 0.214. The number of unbranched alkanes of at least 4 members (excludes halogenated alkanes) is 5. The van der Waals surface area contributed by atoms with Gasteiger partial charge in [-0.15, -0.1) is 0 Å². The molecule has 1 aliphatic rings. The van der Waals surface area contributed by atoms with E-state index in [9.17, 15) is 20.4 Å². The Morgan fingerprint density at radius 2 is 1.34 bits per heavy atom. The molecule has 1 aliphatic carbocycles. The van der Waals surface area contributed by atoms with Crippen molar-refractivity contribution in [3.05, 3.63) is 0 Å². The molecule has 0 aliphatic heterocycles. The Morgan fingerprint density at radius 3 is 1.93 bits per heavy atom. The third kappa shape index (κ3) is 9.19. The summed E-state index contributed by atoms with van der Waals surface area (Å²) in [5.41, 5.74) is 0. The van der Waals surface area contributed by atoms with E-state index in [1.54, 1.807) is 0 Å². The Kier molecular flexibility index (Phi) is 14.4. The Balaban J connectivity index is 2.07. The van der Waals surface area contributed by atoms with Crippen LogP contribution in [0.5, 0.6) is 0 Å². The summed E-state index contributed by atoms with van der Waals surface area (Å²) in [6.45, 7) is 5.31. The predicted octanol–water partition coefficient (Wildman–Crippen LogP) is 3.24. The first-order valence-corrected chi connectivity index (χ1v) is 11.8. The maximum absolute atomic E-state index is 10.3. The van der Waals surface area contributed by atoms with Crippen molar-refractivity contribution >= 4 is 0 Å². The number of hydrogen-bond donors (Lipinski definition) is 4. The zero-order valence-corrected chi connectivity index (χ0v) is 18.8. The molecule has 174 valence electrons. The molecule has 0 bridgehead atoms. The van der Waals surface area contributed by atoms with Gasteiger partial charge in [-0.25, -0.2) is 0 Å². The topological polar surface area (TPSA) is 99.4 Å². The van der Waals surface area contributed by atoms with E-state index in [2.05, 4.69) is 13.8 Å². The Morgan fingerprint density at radius 1 is 0.759 bits per heavy atom. The highest BCUT2D eigenvalue weighted by molar-refractivity contribution is 4.98. The molecule has 29 heavy (non-hydrogen) atoms. The molecule has 1 saturated carbocycles. The maximum Gasteiger partial charge on any atom is 0.162 e. The highest BCUT2D eigenvalue weighted by Gasteiger charge is 2.51. The van der Waals surface area contributed by atoms with E-state index < -0.39 is 36.4 Å². The average Bonchev–Trinajstić information content (AvgIpc) is 2.92. The van der Waals surface area contributed by atoms with Gasteiger partial charge in [0.25, 0.3) is 0 Å². The molecule has 0 heterocycles. The summed E-state index contributed by atoms with van der Waals surface area (Å²) in [4.78, 5) is 0. The minimum absolute atomic E-state index is 0.169. The van der Waals surface area contributed by atoms with E-state index >= 15 is 0 Å². The number of ether oxygens (including phenoxy) is 2. The normalized spacial score (nSPS) is 28.3. The highest BCUT2D eigenvalue weighted by Crippen LogP contribution is 2.35. The molecule has 0 amide bonds. The smallest absolute Gasteiger partial charge is 0.162 e. The average molecular weight is 419 g/mol. The molecule has 4 N–H and O–H groups in total. The van der Waals surface area contributed by atoms with Gasteiger partial charge >= 0.3 is 0 Å². The molecule has 6 atom stereocenters. The molecule has 0 aromatic rings. The van der Waals surface area contributed by atoms with E-state index in [0.717, 1.165) is 18.8 Å². The van der Waals surface area contributed by atoms with Crippen molar-refractivity contribution in [3.8, 4) is 0 Å². The van der Waals surface area contributed by atoms with Crippen LogP contribution >= 0.6 is 0 Å². The van der Waals surface area contributed by atoms with Gasteiger partial charge in [0.15, 0.2) is 6.29 Å². The van der Waals surface area contributed by atoms with Gasteiger partial charge in [0.2, 0.25) is 0 Å². The first kappa shape index (κ1) is 26.8. The summed E-state index contributed by atoms with van der Waals surface area (Å²) in [5.74, 6) is -0.611. The lowest BCUT2D eigenvalue weighted by atomic mass is 9.92. The molecule has 1 rings (SSSR count). The lowest BCUT2D eigenvalue weighted by Crippen LogP contribution is -2.38. The van der Waals surface area contributed by atoms with E-state index in [-0.39, 0.29) is 6.61 Å². The van der Waals surface area contributed by atoms with Gasteiger partial charge in [-0.05, 0) is 12.3 Å². The van der Waals surface area contributed by atoms with Gasteiger partial charge in [-0.1, -0.05) is 78.1 Å². The summed E-state index contributed by atoms with van der Waals surface area (Å²) in [6, 6.07) is 0. The van der Waals surface area contributed by atoms with Crippen LogP contribution in [0.3, 0.4) is 0 Å². The summed E-state index contributed by atoms with van der Waals surface area (Å²) in [5, 5.41) is 40.2. The lowest BCUT2D eigenvalue weighted by Gasteiger charge is -2.23. The second-order valence-corrected chi connectivity index (χ2v) is 8.77. The van der Waals surface area contributed by atoms with Crippen molar-refractivity contribution in [1.29, 1.82) is 0 Å². The van der Waals surface area contributed by atoms with Crippen LogP contribution < -0.4 is 0 Å².